The third-order valence-corrected chi connectivity index (χ3v) is 3.71. The molecule has 2 amide bonds. The zero-order valence-corrected chi connectivity index (χ0v) is 13.5. The molecule has 1 fully saturated rings. The number of rotatable bonds is 6. The number of hydrogen-bond donors (Lipinski definition) is 3. The lowest BCUT2D eigenvalue weighted by molar-refractivity contribution is -0.129. The molecule has 1 aliphatic rings. The fourth-order valence-electron chi connectivity index (χ4n) is 2.45. The molecule has 0 bridgehead atoms. The predicted molar refractivity (Wildman–Crippen MR) is 89.0 cm³/mol. The van der Waals surface area contributed by atoms with Crippen LogP contribution in [0.1, 0.15) is 18.4 Å². The Balaban J connectivity index is 0.00000242. The van der Waals surface area contributed by atoms with E-state index in [0.29, 0.717) is 6.54 Å². The molecule has 22 heavy (non-hydrogen) atoms. The van der Waals surface area contributed by atoms with Gasteiger partial charge in [0.05, 0.1) is 6.54 Å². The van der Waals surface area contributed by atoms with E-state index in [0.717, 1.165) is 32.4 Å². The molecule has 0 atom stereocenters. The van der Waals surface area contributed by atoms with E-state index < -0.39 is 0 Å². The highest BCUT2D eigenvalue weighted by atomic mass is 35.5. The minimum Gasteiger partial charge on any atom is -0.354 e. The van der Waals surface area contributed by atoms with Crippen molar-refractivity contribution in [3.63, 3.8) is 0 Å². The van der Waals surface area contributed by atoms with Crippen LogP contribution in [0.3, 0.4) is 0 Å². The van der Waals surface area contributed by atoms with E-state index in [2.05, 4.69) is 16.0 Å². The molecule has 1 aromatic carbocycles. The molecular weight excluding hydrogens is 302 g/mol. The van der Waals surface area contributed by atoms with Gasteiger partial charge in [0.2, 0.25) is 11.8 Å². The number of amides is 2. The third kappa shape index (κ3) is 6.45. The zero-order valence-electron chi connectivity index (χ0n) is 12.6. The second kappa shape index (κ2) is 10.2. The third-order valence-electron chi connectivity index (χ3n) is 3.71. The van der Waals surface area contributed by atoms with Gasteiger partial charge in [0, 0.05) is 12.5 Å². The highest BCUT2D eigenvalue weighted by molar-refractivity contribution is 5.86. The zero-order chi connectivity index (χ0) is 14.9. The van der Waals surface area contributed by atoms with Gasteiger partial charge in [0.25, 0.3) is 0 Å². The quantitative estimate of drug-likeness (QED) is 0.727. The molecule has 0 spiro atoms. The van der Waals surface area contributed by atoms with Crippen LogP contribution in [0, 0.1) is 5.92 Å². The van der Waals surface area contributed by atoms with Gasteiger partial charge in [-0.2, -0.15) is 0 Å². The van der Waals surface area contributed by atoms with Crippen molar-refractivity contribution in [1.82, 2.24) is 16.0 Å². The summed E-state index contributed by atoms with van der Waals surface area (Å²) < 4.78 is 0. The summed E-state index contributed by atoms with van der Waals surface area (Å²) >= 11 is 0. The first-order chi connectivity index (χ1) is 10.3. The van der Waals surface area contributed by atoms with E-state index in [4.69, 9.17) is 0 Å². The van der Waals surface area contributed by atoms with Crippen molar-refractivity contribution in [1.29, 1.82) is 0 Å². The lowest BCUT2D eigenvalue weighted by Crippen LogP contribution is -2.42. The maximum absolute atomic E-state index is 11.9. The molecule has 1 aliphatic heterocycles. The Labute approximate surface area is 137 Å². The van der Waals surface area contributed by atoms with Gasteiger partial charge in [0.1, 0.15) is 0 Å². The van der Waals surface area contributed by atoms with Crippen LogP contribution >= 0.6 is 12.4 Å². The van der Waals surface area contributed by atoms with Crippen molar-refractivity contribution in [3.8, 4) is 0 Å². The summed E-state index contributed by atoms with van der Waals surface area (Å²) in [5, 5.41) is 8.76. The van der Waals surface area contributed by atoms with Gasteiger partial charge >= 0.3 is 0 Å². The largest absolute Gasteiger partial charge is 0.354 e. The van der Waals surface area contributed by atoms with Gasteiger partial charge in [-0.1, -0.05) is 30.3 Å². The fraction of sp³-hybridized carbons (Fsp3) is 0.500. The highest BCUT2D eigenvalue weighted by Gasteiger charge is 2.20. The van der Waals surface area contributed by atoms with Crippen molar-refractivity contribution in [2.45, 2.75) is 19.3 Å². The van der Waals surface area contributed by atoms with E-state index in [-0.39, 0.29) is 36.7 Å². The summed E-state index contributed by atoms with van der Waals surface area (Å²) in [4.78, 5) is 23.6. The predicted octanol–water partition coefficient (Wildman–Crippen LogP) is 0.883. The Morgan fingerprint density at radius 1 is 1.09 bits per heavy atom. The molecule has 0 aliphatic carbocycles. The molecule has 0 aromatic heterocycles. The molecule has 0 unspecified atom stereocenters. The molecule has 3 N–H and O–H groups in total. The van der Waals surface area contributed by atoms with Crippen LogP contribution in [0.2, 0.25) is 0 Å². The van der Waals surface area contributed by atoms with Crippen molar-refractivity contribution >= 4 is 24.2 Å². The number of benzene rings is 1. The van der Waals surface area contributed by atoms with Crippen LogP contribution in [0.15, 0.2) is 30.3 Å². The van der Waals surface area contributed by atoms with Crippen molar-refractivity contribution in [2.24, 2.45) is 5.92 Å². The summed E-state index contributed by atoms with van der Waals surface area (Å²) in [7, 11) is 0. The number of nitrogens with one attached hydrogen (secondary N) is 3. The number of carbonyl (C=O) groups excluding carboxylic acids is 2. The lowest BCUT2D eigenvalue weighted by atomic mass is 9.97. The summed E-state index contributed by atoms with van der Waals surface area (Å²) in [5.41, 5.74) is 1.19. The lowest BCUT2D eigenvalue weighted by Gasteiger charge is -2.21. The average molecular weight is 326 g/mol. The van der Waals surface area contributed by atoms with E-state index in [1.807, 2.05) is 30.3 Å². The van der Waals surface area contributed by atoms with Crippen LogP contribution in [-0.2, 0) is 16.0 Å². The number of piperidine rings is 1. The first-order valence-electron chi connectivity index (χ1n) is 7.55. The minimum absolute atomic E-state index is 0. The van der Waals surface area contributed by atoms with Crippen LogP contribution < -0.4 is 16.0 Å². The summed E-state index contributed by atoms with van der Waals surface area (Å²) in [6.45, 7) is 2.41. The maximum atomic E-state index is 11.9. The molecule has 2 rings (SSSR count). The molecule has 5 nitrogen and oxygen atoms in total. The highest BCUT2D eigenvalue weighted by Crippen LogP contribution is 2.10. The van der Waals surface area contributed by atoms with Crippen LogP contribution in [0.5, 0.6) is 0 Å². The summed E-state index contributed by atoms with van der Waals surface area (Å²) in [6, 6.07) is 10.0. The molecule has 122 valence electrons. The molecule has 1 aromatic rings. The molecule has 0 saturated carbocycles. The molecule has 6 heteroatoms. The van der Waals surface area contributed by atoms with Gasteiger partial charge in [-0.25, -0.2) is 0 Å². The van der Waals surface area contributed by atoms with E-state index in [1.165, 1.54) is 5.56 Å². The smallest absolute Gasteiger partial charge is 0.239 e. The maximum Gasteiger partial charge on any atom is 0.239 e. The van der Waals surface area contributed by atoms with Gasteiger partial charge in [-0.05, 0) is 37.9 Å². The van der Waals surface area contributed by atoms with Crippen LogP contribution in [0.25, 0.3) is 0 Å². The van der Waals surface area contributed by atoms with E-state index in [1.54, 1.807) is 0 Å². The summed E-state index contributed by atoms with van der Waals surface area (Å²) in [5.74, 6) is -0.0914. The van der Waals surface area contributed by atoms with E-state index in [9.17, 15) is 9.59 Å². The molecular formula is C16H24ClN3O2. The van der Waals surface area contributed by atoms with Gasteiger partial charge in [-0.3, -0.25) is 9.59 Å². The topological polar surface area (TPSA) is 70.2 Å². The number of hydrogen-bond acceptors (Lipinski definition) is 3. The van der Waals surface area contributed by atoms with E-state index >= 15 is 0 Å². The fourth-order valence-corrected chi connectivity index (χ4v) is 2.45. The number of carbonyl (C=O) groups is 2. The summed E-state index contributed by atoms with van der Waals surface area (Å²) in [6.07, 6.45) is 2.50. The average Bonchev–Trinajstić information content (AvgIpc) is 2.54. The second-order valence-corrected chi connectivity index (χ2v) is 5.33. The Morgan fingerprint density at radius 2 is 1.77 bits per heavy atom. The Hall–Kier alpha value is -1.59. The normalized spacial score (nSPS) is 14.7. The van der Waals surface area contributed by atoms with Crippen molar-refractivity contribution in [2.75, 3.05) is 26.2 Å². The number of halogens is 1. The Kier molecular flexibility index (Phi) is 8.55. The Morgan fingerprint density at radius 3 is 2.45 bits per heavy atom. The Bertz CT molecular complexity index is 462. The van der Waals surface area contributed by atoms with Crippen molar-refractivity contribution < 1.29 is 9.59 Å². The second-order valence-electron chi connectivity index (χ2n) is 5.33. The standard InChI is InChI=1S/C16H23N3O2.ClH/c20-15(18-11-6-13-4-2-1-3-5-13)12-19-16(21)14-7-9-17-10-8-14;/h1-5,14,17H,6-12H2,(H,18,20)(H,19,21);1H. The molecule has 0 radical (unpaired) electrons. The minimum atomic E-state index is -0.131. The van der Waals surface area contributed by atoms with Gasteiger partial charge in [-0.15, -0.1) is 12.4 Å². The molecule has 1 heterocycles. The first kappa shape index (κ1) is 18.5. The van der Waals surface area contributed by atoms with Crippen molar-refractivity contribution in [3.05, 3.63) is 35.9 Å². The van der Waals surface area contributed by atoms with Crippen LogP contribution in [0.4, 0.5) is 0 Å². The van der Waals surface area contributed by atoms with Gasteiger partial charge in [0.15, 0.2) is 0 Å². The van der Waals surface area contributed by atoms with Crippen LogP contribution in [-0.4, -0.2) is 38.0 Å². The molecule has 1 saturated heterocycles. The SMILES string of the molecule is Cl.O=C(CNC(=O)C1CCNCC1)NCCc1ccccc1. The van der Waals surface area contributed by atoms with Gasteiger partial charge < -0.3 is 16.0 Å². The monoisotopic (exact) mass is 325 g/mol. The first-order valence-corrected chi connectivity index (χ1v) is 7.55.